The number of methoxy groups -OCH3 is 3. The molecule has 7 nitrogen and oxygen atoms in total. The highest BCUT2D eigenvalue weighted by atomic mass is 16.5. The topological polar surface area (TPSA) is 77.1 Å². The lowest BCUT2D eigenvalue weighted by molar-refractivity contribution is -0.133. The van der Waals surface area contributed by atoms with Crippen LogP contribution in [0.15, 0.2) is 6.07 Å². The van der Waals surface area contributed by atoms with Crippen molar-refractivity contribution in [3.8, 4) is 17.2 Å². The molecule has 1 atom stereocenters. The smallest absolute Gasteiger partial charge is 0.241 e. The molecule has 0 radical (unpaired) electrons. The molecule has 1 aromatic rings. The van der Waals surface area contributed by atoms with E-state index in [1.165, 1.54) is 0 Å². The van der Waals surface area contributed by atoms with Gasteiger partial charge in [0.25, 0.3) is 0 Å². The number of rotatable bonds is 8. The number of benzene rings is 1. The van der Waals surface area contributed by atoms with Gasteiger partial charge in [-0.2, -0.15) is 0 Å². The molecule has 0 heterocycles. The van der Waals surface area contributed by atoms with Crippen molar-refractivity contribution >= 4 is 11.8 Å². The number of nitrogens with zero attached hydrogens (tertiary/aromatic N) is 1. The molecule has 0 fully saturated rings. The molecule has 150 valence electrons. The van der Waals surface area contributed by atoms with Crippen molar-refractivity contribution in [3.63, 3.8) is 0 Å². The number of hydrogen-bond acceptors (Lipinski definition) is 5. The number of amides is 2. The fraction of sp³-hybridized carbons (Fsp3) is 0.600. The number of ether oxygens (including phenoxy) is 3. The van der Waals surface area contributed by atoms with Crippen molar-refractivity contribution in [1.82, 2.24) is 10.2 Å². The fourth-order valence-corrected chi connectivity index (χ4v) is 3.63. The van der Waals surface area contributed by atoms with E-state index in [0.717, 1.165) is 11.1 Å². The van der Waals surface area contributed by atoms with Gasteiger partial charge < -0.3 is 24.4 Å². The Morgan fingerprint density at radius 3 is 2.33 bits per heavy atom. The van der Waals surface area contributed by atoms with E-state index in [1.54, 1.807) is 26.2 Å². The largest absolute Gasteiger partial charge is 0.493 e. The van der Waals surface area contributed by atoms with Gasteiger partial charge in [-0.15, -0.1) is 0 Å². The lowest BCUT2D eigenvalue weighted by Gasteiger charge is -2.27. The number of carbonyl (C=O) groups is 2. The Balaban J connectivity index is 2.11. The average Bonchev–Trinajstić information content (AvgIpc) is 2.70. The van der Waals surface area contributed by atoms with Gasteiger partial charge in [-0.05, 0) is 44.7 Å². The third-order valence-corrected chi connectivity index (χ3v) is 5.14. The summed E-state index contributed by atoms with van der Waals surface area (Å²) in [5, 5.41) is 2.79. The van der Waals surface area contributed by atoms with Crippen molar-refractivity contribution in [2.24, 2.45) is 5.92 Å². The van der Waals surface area contributed by atoms with Crippen LogP contribution in [-0.4, -0.2) is 57.7 Å². The Labute approximate surface area is 161 Å². The molecule has 0 bridgehead atoms. The first kappa shape index (κ1) is 20.9. The molecule has 7 heteroatoms. The Morgan fingerprint density at radius 2 is 1.78 bits per heavy atom. The molecular formula is C20H30N2O5. The molecule has 1 aromatic carbocycles. The molecule has 0 saturated heterocycles. The van der Waals surface area contributed by atoms with Gasteiger partial charge in [-0.25, -0.2) is 0 Å². The third-order valence-electron chi connectivity index (χ3n) is 5.14. The average molecular weight is 378 g/mol. The van der Waals surface area contributed by atoms with E-state index >= 15 is 0 Å². The van der Waals surface area contributed by atoms with Crippen LogP contribution in [-0.2, 0) is 22.4 Å². The molecule has 1 unspecified atom stereocenters. The van der Waals surface area contributed by atoms with E-state index in [4.69, 9.17) is 14.2 Å². The van der Waals surface area contributed by atoms with Crippen LogP contribution in [0.3, 0.4) is 0 Å². The summed E-state index contributed by atoms with van der Waals surface area (Å²) >= 11 is 0. The summed E-state index contributed by atoms with van der Waals surface area (Å²) < 4.78 is 16.4. The van der Waals surface area contributed by atoms with Gasteiger partial charge in [-0.1, -0.05) is 0 Å². The molecule has 1 aliphatic rings. The number of nitrogens with one attached hydrogen (secondary N) is 1. The number of likely N-dealkylation sites (N-methyl/N-ethyl adjacent to an activating group) is 1. The summed E-state index contributed by atoms with van der Waals surface area (Å²) in [6, 6.07) is 1.91. The Morgan fingerprint density at radius 1 is 1.11 bits per heavy atom. The Kier molecular flexibility index (Phi) is 7.33. The maximum atomic E-state index is 12.6. The van der Waals surface area contributed by atoms with Crippen molar-refractivity contribution < 1.29 is 23.8 Å². The van der Waals surface area contributed by atoms with Crippen LogP contribution >= 0.6 is 0 Å². The molecule has 1 N–H and O–H groups in total. The van der Waals surface area contributed by atoms with Crippen LogP contribution in [0.1, 0.15) is 31.4 Å². The van der Waals surface area contributed by atoms with Crippen molar-refractivity contribution in [2.75, 3.05) is 41.0 Å². The second-order valence-corrected chi connectivity index (χ2v) is 6.51. The standard InChI is InChI=1S/C20H30N2O5/c1-6-22(7-2)17(23)12-21-20(24)13-8-9-15-14(10-13)11-16(25-3)19(27-5)18(15)26-4/h11,13H,6-10,12H2,1-5H3,(H,21,24). The molecule has 2 amide bonds. The van der Waals surface area contributed by atoms with Crippen molar-refractivity contribution in [1.29, 1.82) is 0 Å². The zero-order valence-corrected chi connectivity index (χ0v) is 16.9. The summed E-state index contributed by atoms with van der Waals surface area (Å²) in [5.41, 5.74) is 2.07. The van der Waals surface area contributed by atoms with Gasteiger partial charge in [0.05, 0.1) is 27.9 Å². The van der Waals surface area contributed by atoms with Crippen LogP contribution in [0, 0.1) is 5.92 Å². The normalized spacial score (nSPS) is 15.5. The second-order valence-electron chi connectivity index (χ2n) is 6.51. The van der Waals surface area contributed by atoms with Gasteiger partial charge in [0.15, 0.2) is 11.5 Å². The quantitative estimate of drug-likeness (QED) is 0.746. The lowest BCUT2D eigenvalue weighted by Crippen LogP contribution is -2.42. The van der Waals surface area contributed by atoms with Gasteiger partial charge >= 0.3 is 0 Å². The Bertz CT molecular complexity index is 685. The number of carbonyl (C=O) groups excluding carboxylic acids is 2. The summed E-state index contributed by atoms with van der Waals surface area (Å²) in [7, 11) is 4.77. The fourth-order valence-electron chi connectivity index (χ4n) is 3.63. The molecule has 1 aliphatic carbocycles. The zero-order chi connectivity index (χ0) is 20.0. The van der Waals surface area contributed by atoms with E-state index in [2.05, 4.69) is 5.32 Å². The predicted molar refractivity (Wildman–Crippen MR) is 103 cm³/mol. The van der Waals surface area contributed by atoms with E-state index < -0.39 is 0 Å². The van der Waals surface area contributed by atoms with E-state index in [-0.39, 0.29) is 24.3 Å². The van der Waals surface area contributed by atoms with Crippen LogP contribution in [0.2, 0.25) is 0 Å². The van der Waals surface area contributed by atoms with Gasteiger partial charge in [0, 0.05) is 24.6 Å². The highest BCUT2D eigenvalue weighted by molar-refractivity contribution is 5.86. The zero-order valence-electron chi connectivity index (χ0n) is 16.9. The van der Waals surface area contributed by atoms with Gasteiger partial charge in [-0.3, -0.25) is 9.59 Å². The second kappa shape index (κ2) is 9.48. The van der Waals surface area contributed by atoms with Crippen LogP contribution in [0.25, 0.3) is 0 Å². The van der Waals surface area contributed by atoms with Gasteiger partial charge in [0.2, 0.25) is 17.6 Å². The molecule has 27 heavy (non-hydrogen) atoms. The van der Waals surface area contributed by atoms with Crippen LogP contribution < -0.4 is 19.5 Å². The predicted octanol–water partition coefficient (Wildman–Crippen LogP) is 1.80. The molecule has 2 rings (SSSR count). The van der Waals surface area contributed by atoms with E-state index in [0.29, 0.717) is 49.6 Å². The highest BCUT2D eigenvalue weighted by Crippen LogP contribution is 2.45. The monoisotopic (exact) mass is 378 g/mol. The summed E-state index contributed by atoms with van der Waals surface area (Å²) in [6.07, 6.45) is 1.99. The minimum Gasteiger partial charge on any atom is -0.493 e. The summed E-state index contributed by atoms with van der Waals surface area (Å²) in [6.45, 7) is 5.18. The molecular weight excluding hydrogens is 348 g/mol. The van der Waals surface area contributed by atoms with E-state index in [9.17, 15) is 9.59 Å². The molecule has 0 aliphatic heterocycles. The Hall–Kier alpha value is -2.44. The first-order chi connectivity index (χ1) is 13.0. The minimum atomic E-state index is -0.176. The first-order valence-electron chi connectivity index (χ1n) is 9.36. The van der Waals surface area contributed by atoms with Crippen LogP contribution in [0.5, 0.6) is 17.2 Å². The van der Waals surface area contributed by atoms with Gasteiger partial charge in [0.1, 0.15) is 0 Å². The molecule has 0 spiro atoms. The summed E-state index contributed by atoms with van der Waals surface area (Å²) in [5.74, 6) is 1.51. The molecule has 0 aromatic heterocycles. The van der Waals surface area contributed by atoms with Crippen molar-refractivity contribution in [3.05, 3.63) is 17.2 Å². The number of fused-ring (bicyclic) bond motifs is 1. The third kappa shape index (κ3) is 4.46. The lowest BCUT2D eigenvalue weighted by atomic mass is 9.82. The minimum absolute atomic E-state index is 0.0408. The van der Waals surface area contributed by atoms with E-state index in [1.807, 2.05) is 19.9 Å². The highest BCUT2D eigenvalue weighted by Gasteiger charge is 2.30. The molecule has 0 saturated carbocycles. The maximum Gasteiger partial charge on any atom is 0.241 e. The number of hydrogen-bond donors (Lipinski definition) is 1. The maximum absolute atomic E-state index is 12.6. The van der Waals surface area contributed by atoms with Crippen LogP contribution in [0.4, 0.5) is 0 Å². The SMILES string of the molecule is CCN(CC)C(=O)CNC(=O)C1CCc2c(cc(OC)c(OC)c2OC)C1. The first-order valence-corrected chi connectivity index (χ1v) is 9.36. The van der Waals surface area contributed by atoms with Crippen molar-refractivity contribution in [2.45, 2.75) is 33.1 Å². The summed E-state index contributed by atoms with van der Waals surface area (Å²) in [4.78, 5) is 26.4.